The molecule has 0 unspecified atom stereocenters. The third kappa shape index (κ3) is 3.37. The Morgan fingerprint density at radius 3 is 2.79 bits per heavy atom. The Kier molecular flexibility index (Phi) is 4.22. The molecule has 0 saturated carbocycles. The van der Waals surface area contributed by atoms with E-state index in [0.717, 1.165) is 5.71 Å². The van der Waals surface area contributed by atoms with E-state index in [4.69, 9.17) is 9.94 Å². The van der Waals surface area contributed by atoms with Gasteiger partial charge in [0.25, 0.3) is 0 Å². The number of likely N-dealkylation sites (tertiary alicyclic amines) is 1. The first kappa shape index (κ1) is 13.2. The third-order valence-electron chi connectivity index (χ3n) is 3.09. The van der Waals surface area contributed by atoms with Crippen molar-refractivity contribution in [2.24, 2.45) is 5.16 Å². The second-order valence-corrected chi connectivity index (χ2v) is 4.32. The van der Waals surface area contributed by atoms with Gasteiger partial charge in [-0.25, -0.2) is 4.79 Å². The zero-order valence-electron chi connectivity index (χ0n) is 10.8. The van der Waals surface area contributed by atoms with Crippen molar-refractivity contribution in [3.05, 3.63) is 24.3 Å². The molecule has 0 radical (unpaired) electrons. The summed E-state index contributed by atoms with van der Waals surface area (Å²) < 4.78 is 5.10. The Balaban J connectivity index is 1.94. The molecular formula is C13H17N3O3. The lowest BCUT2D eigenvalue weighted by molar-refractivity contribution is 0.210. The van der Waals surface area contributed by atoms with Crippen molar-refractivity contribution < 1.29 is 14.7 Å². The van der Waals surface area contributed by atoms with Gasteiger partial charge in [0.2, 0.25) is 0 Å². The fourth-order valence-corrected chi connectivity index (χ4v) is 1.97. The summed E-state index contributed by atoms with van der Waals surface area (Å²) in [6, 6.07) is 7.07. The minimum Gasteiger partial charge on any atom is -0.497 e. The highest BCUT2D eigenvalue weighted by Crippen LogP contribution is 2.17. The van der Waals surface area contributed by atoms with Crippen LogP contribution in [0.2, 0.25) is 0 Å². The molecule has 102 valence electrons. The summed E-state index contributed by atoms with van der Waals surface area (Å²) in [7, 11) is 1.58. The average molecular weight is 263 g/mol. The Labute approximate surface area is 111 Å². The van der Waals surface area contributed by atoms with Crippen LogP contribution in [0.1, 0.15) is 12.8 Å². The monoisotopic (exact) mass is 263 g/mol. The average Bonchev–Trinajstić information content (AvgIpc) is 2.47. The summed E-state index contributed by atoms with van der Waals surface area (Å²) >= 11 is 0. The molecule has 0 aromatic heterocycles. The van der Waals surface area contributed by atoms with Crippen molar-refractivity contribution in [1.82, 2.24) is 4.90 Å². The van der Waals surface area contributed by atoms with Crippen molar-refractivity contribution in [1.29, 1.82) is 0 Å². The molecule has 1 heterocycles. The van der Waals surface area contributed by atoms with Gasteiger partial charge in [0.1, 0.15) is 5.75 Å². The van der Waals surface area contributed by atoms with Gasteiger partial charge >= 0.3 is 6.03 Å². The van der Waals surface area contributed by atoms with Crippen molar-refractivity contribution in [2.75, 3.05) is 25.5 Å². The van der Waals surface area contributed by atoms with Gasteiger partial charge < -0.3 is 20.2 Å². The van der Waals surface area contributed by atoms with E-state index in [9.17, 15) is 4.79 Å². The van der Waals surface area contributed by atoms with Crippen LogP contribution in [0.25, 0.3) is 0 Å². The molecule has 1 aromatic carbocycles. The number of oxime groups is 1. The summed E-state index contributed by atoms with van der Waals surface area (Å²) in [5.74, 6) is 0.700. The molecule has 0 aliphatic carbocycles. The maximum atomic E-state index is 12.0. The lowest BCUT2D eigenvalue weighted by Crippen LogP contribution is -2.41. The van der Waals surface area contributed by atoms with Gasteiger partial charge in [-0.05, 0) is 12.1 Å². The van der Waals surface area contributed by atoms with Gasteiger partial charge in [0.15, 0.2) is 0 Å². The highest BCUT2D eigenvalue weighted by atomic mass is 16.5. The quantitative estimate of drug-likeness (QED) is 0.634. The first-order valence-corrected chi connectivity index (χ1v) is 6.12. The molecule has 1 aromatic rings. The third-order valence-corrected chi connectivity index (χ3v) is 3.09. The van der Waals surface area contributed by atoms with Gasteiger partial charge in [-0.2, -0.15) is 0 Å². The van der Waals surface area contributed by atoms with Crippen LogP contribution < -0.4 is 10.1 Å². The molecule has 1 aliphatic rings. The Morgan fingerprint density at radius 2 is 2.16 bits per heavy atom. The minimum absolute atomic E-state index is 0.148. The van der Waals surface area contributed by atoms with Crippen molar-refractivity contribution >= 4 is 17.4 Å². The molecule has 0 spiro atoms. The van der Waals surface area contributed by atoms with E-state index in [-0.39, 0.29) is 6.03 Å². The lowest BCUT2D eigenvalue weighted by atomic mass is 10.1. The summed E-state index contributed by atoms with van der Waals surface area (Å²) in [4.78, 5) is 13.7. The number of anilines is 1. The molecule has 1 fully saturated rings. The fraction of sp³-hybridized carbons (Fsp3) is 0.385. The number of methoxy groups -OCH3 is 1. The Hall–Kier alpha value is -2.24. The van der Waals surface area contributed by atoms with Crippen LogP contribution in [0.5, 0.6) is 5.75 Å². The maximum Gasteiger partial charge on any atom is 0.321 e. The van der Waals surface area contributed by atoms with Gasteiger partial charge in [-0.15, -0.1) is 0 Å². The molecule has 2 amide bonds. The molecule has 2 N–H and O–H groups in total. The number of benzene rings is 1. The van der Waals surface area contributed by atoms with Crippen LogP contribution in [-0.2, 0) is 0 Å². The summed E-state index contributed by atoms with van der Waals surface area (Å²) in [5, 5.41) is 14.7. The zero-order chi connectivity index (χ0) is 13.7. The molecule has 0 bridgehead atoms. The number of ether oxygens (including phenoxy) is 1. The van der Waals surface area contributed by atoms with Crippen LogP contribution in [0.3, 0.4) is 0 Å². The number of rotatable bonds is 2. The van der Waals surface area contributed by atoms with Gasteiger partial charge in [-0.1, -0.05) is 11.2 Å². The van der Waals surface area contributed by atoms with Crippen LogP contribution >= 0.6 is 0 Å². The topological polar surface area (TPSA) is 74.2 Å². The van der Waals surface area contributed by atoms with E-state index < -0.39 is 0 Å². The second kappa shape index (κ2) is 6.08. The SMILES string of the molecule is COc1cccc(NC(=O)N2CCC(=NO)CC2)c1. The molecular weight excluding hydrogens is 246 g/mol. The molecule has 19 heavy (non-hydrogen) atoms. The fourth-order valence-electron chi connectivity index (χ4n) is 1.97. The normalized spacial score (nSPS) is 15.0. The number of amides is 2. The summed E-state index contributed by atoms with van der Waals surface area (Å²) in [6.45, 7) is 1.13. The molecule has 0 atom stereocenters. The van der Waals surface area contributed by atoms with E-state index in [1.54, 1.807) is 18.1 Å². The van der Waals surface area contributed by atoms with E-state index >= 15 is 0 Å². The van der Waals surface area contributed by atoms with Crippen molar-refractivity contribution in [2.45, 2.75) is 12.8 Å². The zero-order valence-corrected chi connectivity index (χ0v) is 10.8. The second-order valence-electron chi connectivity index (χ2n) is 4.32. The standard InChI is InChI=1S/C13H17N3O3/c1-19-12-4-2-3-11(9-12)14-13(17)16-7-5-10(15-18)6-8-16/h2-4,9,18H,5-8H2,1H3,(H,14,17). The number of nitrogens with one attached hydrogen (secondary N) is 1. The first-order valence-electron chi connectivity index (χ1n) is 6.12. The summed E-state index contributed by atoms with van der Waals surface area (Å²) in [5.41, 5.74) is 1.44. The smallest absolute Gasteiger partial charge is 0.321 e. The van der Waals surface area contributed by atoms with Crippen LogP contribution in [0.4, 0.5) is 10.5 Å². The number of carbonyl (C=O) groups is 1. The highest BCUT2D eigenvalue weighted by Gasteiger charge is 2.20. The predicted molar refractivity (Wildman–Crippen MR) is 72.0 cm³/mol. The molecule has 1 saturated heterocycles. The van der Waals surface area contributed by atoms with E-state index in [0.29, 0.717) is 37.4 Å². The molecule has 6 nitrogen and oxygen atoms in total. The maximum absolute atomic E-state index is 12.0. The van der Waals surface area contributed by atoms with Crippen LogP contribution in [0.15, 0.2) is 29.4 Å². The van der Waals surface area contributed by atoms with E-state index in [1.165, 1.54) is 0 Å². The molecule has 6 heteroatoms. The van der Waals surface area contributed by atoms with E-state index in [2.05, 4.69) is 10.5 Å². The van der Waals surface area contributed by atoms with Gasteiger partial charge in [0, 0.05) is 37.7 Å². The number of piperidine rings is 1. The number of hydrogen-bond donors (Lipinski definition) is 2. The lowest BCUT2D eigenvalue weighted by Gasteiger charge is -2.27. The van der Waals surface area contributed by atoms with E-state index in [1.807, 2.05) is 18.2 Å². The number of nitrogens with zero attached hydrogens (tertiary/aromatic N) is 2. The largest absolute Gasteiger partial charge is 0.497 e. The minimum atomic E-state index is -0.148. The first-order chi connectivity index (χ1) is 9.22. The van der Waals surface area contributed by atoms with Crippen molar-refractivity contribution in [3.63, 3.8) is 0 Å². The predicted octanol–water partition coefficient (Wildman–Crippen LogP) is 2.15. The Morgan fingerprint density at radius 1 is 1.42 bits per heavy atom. The van der Waals surface area contributed by atoms with Gasteiger partial charge in [-0.3, -0.25) is 0 Å². The highest BCUT2D eigenvalue weighted by molar-refractivity contribution is 5.92. The van der Waals surface area contributed by atoms with Crippen LogP contribution in [-0.4, -0.2) is 42.0 Å². The van der Waals surface area contributed by atoms with Gasteiger partial charge in [0.05, 0.1) is 12.8 Å². The van der Waals surface area contributed by atoms with Crippen LogP contribution in [0, 0.1) is 0 Å². The summed E-state index contributed by atoms with van der Waals surface area (Å²) in [6.07, 6.45) is 1.23. The van der Waals surface area contributed by atoms with Crippen molar-refractivity contribution in [3.8, 4) is 5.75 Å². The number of urea groups is 1. The molecule has 1 aliphatic heterocycles. The Bertz CT molecular complexity index is 478. The molecule has 2 rings (SSSR count). The number of hydrogen-bond acceptors (Lipinski definition) is 4. The number of carbonyl (C=O) groups excluding carboxylic acids is 1.